The molecule has 0 atom stereocenters. The fourth-order valence-electron chi connectivity index (χ4n) is 2.29. The van der Waals surface area contributed by atoms with Crippen LogP contribution in [-0.4, -0.2) is 31.2 Å². The number of hydrogen-bond donors (Lipinski definition) is 2. The highest BCUT2D eigenvalue weighted by Crippen LogP contribution is 2.37. The molecule has 6 heteroatoms. The minimum absolute atomic E-state index is 0.00239. The normalized spacial score (nSPS) is 24.5. The van der Waals surface area contributed by atoms with Crippen LogP contribution >= 0.6 is 0 Å². The Morgan fingerprint density at radius 3 is 2.21 bits per heavy atom. The van der Waals surface area contributed by atoms with E-state index >= 15 is 0 Å². The summed E-state index contributed by atoms with van der Waals surface area (Å²) in [4.78, 5) is 11.3. The highest BCUT2D eigenvalue weighted by atomic mass is 19.4. The minimum Gasteiger partial charge on any atom is -0.355 e. The van der Waals surface area contributed by atoms with Crippen molar-refractivity contribution in [2.75, 3.05) is 13.1 Å². The maximum Gasteiger partial charge on any atom is 0.391 e. The molecule has 1 aliphatic rings. The van der Waals surface area contributed by atoms with Gasteiger partial charge in [-0.15, -0.1) is 0 Å². The van der Waals surface area contributed by atoms with Crippen LogP contribution < -0.4 is 10.6 Å². The number of nitrogens with one attached hydrogen (secondary N) is 2. The monoisotopic (exact) mass is 280 g/mol. The van der Waals surface area contributed by atoms with Crippen molar-refractivity contribution in [3.63, 3.8) is 0 Å². The number of carbonyl (C=O) groups is 1. The molecule has 1 fully saturated rings. The first kappa shape index (κ1) is 16.3. The second kappa shape index (κ2) is 7.12. The highest BCUT2D eigenvalue weighted by molar-refractivity contribution is 5.77. The molecular weight excluding hydrogens is 257 g/mol. The molecule has 0 aliphatic heterocycles. The third kappa shape index (κ3) is 5.80. The van der Waals surface area contributed by atoms with Crippen LogP contribution in [0.2, 0.25) is 0 Å². The summed E-state index contributed by atoms with van der Waals surface area (Å²) in [5.74, 6) is -1.17. The van der Waals surface area contributed by atoms with Crippen LogP contribution in [0, 0.1) is 11.8 Å². The van der Waals surface area contributed by atoms with E-state index in [1.807, 2.05) is 13.8 Å². The maximum atomic E-state index is 12.5. The van der Waals surface area contributed by atoms with E-state index < -0.39 is 12.1 Å². The first-order valence-electron chi connectivity index (χ1n) is 6.88. The van der Waals surface area contributed by atoms with Crippen LogP contribution in [0.15, 0.2) is 0 Å². The third-order valence-electron chi connectivity index (χ3n) is 3.57. The predicted octanol–water partition coefficient (Wildman–Crippen LogP) is 2.47. The topological polar surface area (TPSA) is 41.1 Å². The molecule has 1 aliphatic carbocycles. The van der Waals surface area contributed by atoms with Gasteiger partial charge in [-0.2, -0.15) is 13.2 Å². The summed E-state index contributed by atoms with van der Waals surface area (Å²) in [6.45, 7) is 4.78. The van der Waals surface area contributed by atoms with Crippen LogP contribution in [0.3, 0.4) is 0 Å². The standard InChI is InChI=1S/C13H23F3N2O/c1-9(2)12(19)18-8-7-17-11-5-3-10(4-6-11)13(14,15)16/h9-11,17H,3-8H2,1-2H3,(H,18,19). The van der Waals surface area contributed by atoms with Crippen molar-refractivity contribution in [2.24, 2.45) is 11.8 Å². The Morgan fingerprint density at radius 1 is 1.16 bits per heavy atom. The van der Waals surface area contributed by atoms with Gasteiger partial charge in [-0.3, -0.25) is 4.79 Å². The van der Waals surface area contributed by atoms with Crippen LogP contribution in [0.25, 0.3) is 0 Å². The Balaban J connectivity index is 2.12. The van der Waals surface area contributed by atoms with Gasteiger partial charge in [-0.05, 0) is 25.7 Å². The molecule has 0 unspecified atom stereocenters. The molecule has 112 valence electrons. The van der Waals surface area contributed by atoms with Crippen molar-refractivity contribution in [1.82, 2.24) is 10.6 Å². The third-order valence-corrected chi connectivity index (χ3v) is 3.57. The first-order chi connectivity index (χ1) is 8.80. The summed E-state index contributed by atoms with van der Waals surface area (Å²) in [5, 5.41) is 5.98. The quantitative estimate of drug-likeness (QED) is 0.760. The van der Waals surface area contributed by atoms with Gasteiger partial charge in [-0.25, -0.2) is 0 Å². The van der Waals surface area contributed by atoms with Crippen LogP contribution in [0.4, 0.5) is 13.2 Å². The lowest BCUT2D eigenvalue weighted by Gasteiger charge is -2.30. The zero-order valence-corrected chi connectivity index (χ0v) is 11.5. The largest absolute Gasteiger partial charge is 0.391 e. The van der Waals surface area contributed by atoms with Gasteiger partial charge in [0.15, 0.2) is 0 Å². The van der Waals surface area contributed by atoms with Crippen LogP contribution in [-0.2, 0) is 4.79 Å². The van der Waals surface area contributed by atoms with Crippen molar-refractivity contribution >= 4 is 5.91 Å². The van der Waals surface area contributed by atoms with Crippen molar-refractivity contribution in [3.8, 4) is 0 Å². The molecule has 0 aromatic heterocycles. The van der Waals surface area contributed by atoms with Gasteiger partial charge in [0.1, 0.15) is 0 Å². The van der Waals surface area contributed by atoms with E-state index in [9.17, 15) is 18.0 Å². The Kier molecular flexibility index (Phi) is 6.10. The summed E-state index contributed by atoms with van der Waals surface area (Å²) >= 11 is 0. The summed E-state index contributed by atoms with van der Waals surface area (Å²) in [6.07, 6.45) is -2.51. The van der Waals surface area contributed by atoms with Crippen molar-refractivity contribution in [1.29, 1.82) is 0 Å². The lowest BCUT2D eigenvalue weighted by atomic mass is 9.85. The molecule has 0 spiro atoms. The summed E-state index contributed by atoms with van der Waals surface area (Å²) < 4.78 is 37.4. The Morgan fingerprint density at radius 2 is 1.74 bits per heavy atom. The molecule has 3 nitrogen and oxygen atoms in total. The highest BCUT2D eigenvalue weighted by Gasteiger charge is 2.41. The van der Waals surface area contributed by atoms with Gasteiger partial charge in [0, 0.05) is 25.0 Å². The van der Waals surface area contributed by atoms with Crippen molar-refractivity contribution in [3.05, 3.63) is 0 Å². The zero-order valence-electron chi connectivity index (χ0n) is 11.5. The fourth-order valence-corrected chi connectivity index (χ4v) is 2.29. The number of alkyl halides is 3. The summed E-state index contributed by atoms with van der Waals surface area (Å²) in [7, 11) is 0. The number of hydrogen-bond acceptors (Lipinski definition) is 2. The number of halogens is 3. The molecule has 0 radical (unpaired) electrons. The molecule has 1 rings (SSSR count). The molecular formula is C13H23F3N2O. The van der Waals surface area contributed by atoms with Gasteiger partial charge >= 0.3 is 6.18 Å². The van der Waals surface area contributed by atoms with E-state index in [0.717, 1.165) is 0 Å². The molecule has 19 heavy (non-hydrogen) atoms. The van der Waals surface area contributed by atoms with Gasteiger partial charge < -0.3 is 10.6 Å². The average molecular weight is 280 g/mol. The minimum atomic E-state index is -4.05. The molecule has 0 saturated heterocycles. The number of carbonyl (C=O) groups excluding carboxylic acids is 1. The van der Waals surface area contributed by atoms with E-state index in [1.165, 1.54) is 0 Å². The van der Waals surface area contributed by atoms with Crippen molar-refractivity contribution < 1.29 is 18.0 Å². The van der Waals surface area contributed by atoms with E-state index in [0.29, 0.717) is 25.9 Å². The van der Waals surface area contributed by atoms with Gasteiger partial charge in [0.2, 0.25) is 5.91 Å². The lowest BCUT2D eigenvalue weighted by molar-refractivity contribution is -0.182. The smallest absolute Gasteiger partial charge is 0.355 e. The predicted molar refractivity (Wildman–Crippen MR) is 67.7 cm³/mol. The number of amides is 1. The lowest BCUT2D eigenvalue weighted by Crippen LogP contribution is -2.41. The molecule has 1 saturated carbocycles. The molecule has 0 aromatic carbocycles. The summed E-state index contributed by atoms with van der Waals surface area (Å²) in [6, 6.07) is 0.148. The zero-order chi connectivity index (χ0) is 14.5. The van der Waals surface area contributed by atoms with Crippen molar-refractivity contribution in [2.45, 2.75) is 51.7 Å². The molecule has 0 bridgehead atoms. The summed E-state index contributed by atoms with van der Waals surface area (Å²) in [5.41, 5.74) is 0. The van der Waals surface area contributed by atoms with Gasteiger partial charge in [0.05, 0.1) is 5.92 Å². The van der Waals surface area contributed by atoms with Gasteiger partial charge in [0.25, 0.3) is 0 Å². The first-order valence-corrected chi connectivity index (χ1v) is 6.88. The SMILES string of the molecule is CC(C)C(=O)NCCNC1CCC(C(F)(F)F)CC1. The average Bonchev–Trinajstić information content (AvgIpc) is 2.33. The Hall–Kier alpha value is -0.780. The second-order valence-corrected chi connectivity index (χ2v) is 5.49. The maximum absolute atomic E-state index is 12.5. The molecule has 0 aromatic rings. The molecule has 1 amide bonds. The van der Waals surface area contributed by atoms with E-state index in [1.54, 1.807) is 0 Å². The fraction of sp³-hybridized carbons (Fsp3) is 0.923. The van der Waals surface area contributed by atoms with Crippen LogP contribution in [0.5, 0.6) is 0 Å². The Labute approximate surface area is 112 Å². The van der Waals surface area contributed by atoms with E-state index in [2.05, 4.69) is 10.6 Å². The van der Waals surface area contributed by atoms with E-state index in [-0.39, 0.29) is 30.7 Å². The molecule has 2 N–H and O–H groups in total. The van der Waals surface area contributed by atoms with E-state index in [4.69, 9.17) is 0 Å². The Bertz CT molecular complexity index is 284. The second-order valence-electron chi connectivity index (χ2n) is 5.49. The number of rotatable bonds is 5. The van der Waals surface area contributed by atoms with Crippen LogP contribution in [0.1, 0.15) is 39.5 Å². The van der Waals surface area contributed by atoms with Gasteiger partial charge in [-0.1, -0.05) is 13.8 Å². The molecule has 0 heterocycles.